The Labute approximate surface area is 140 Å². The summed E-state index contributed by atoms with van der Waals surface area (Å²) in [6.07, 6.45) is 0. The van der Waals surface area contributed by atoms with Crippen LogP contribution in [0.1, 0.15) is 0 Å². The number of nitriles is 1. The smallest absolute Gasteiger partial charge is 0.355 e. The molecule has 122 valence electrons. The number of cyclic esters (lactones) is 1. The molecular weight excluding hydrogens is 342 g/mol. The monoisotopic (exact) mass is 355 g/mol. The summed E-state index contributed by atoms with van der Waals surface area (Å²) < 4.78 is 10.3. The number of β-lactam (4-membered cyclic amide) rings is 1. The summed E-state index contributed by atoms with van der Waals surface area (Å²) >= 11 is 2.56. The molecule has 2 atom stereocenters. The zero-order valence-corrected chi connectivity index (χ0v) is 13.8. The standard InChI is InChI=1S/C13H13N3O5S2/c1-20-13(15-8(17)6-22-3-2-14)11(19)16-9-7(4-21-10(9)18)5-23-12(13)16/h12H,3-6H2,1H3,(H,15,17)/t12-,13+/m1/s1. The van der Waals surface area contributed by atoms with Gasteiger partial charge in [0.2, 0.25) is 5.91 Å². The Morgan fingerprint density at radius 1 is 1.65 bits per heavy atom. The predicted molar refractivity (Wildman–Crippen MR) is 81.9 cm³/mol. The van der Waals surface area contributed by atoms with Crippen molar-refractivity contribution in [3.63, 3.8) is 0 Å². The summed E-state index contributed by atoms with van der Waals surface area (Å²) in [7, 11) is 1.34. The van der Waals surface area contributed by atoms with E-state index in [9.17, 15) is 14.4 Å². The third-order valence-electron chi connectivity index (χ3n) is 3.73. The molecule has 0 bridgehead atoms. The van der Waals surface area contributed by atoms with Gasteiger partial charge in [-0.15, -0.1) is 23.5 Å². The van der Waals surface area contributed by atoms with Crippen LogP contribution < -0.4 is 5.32 Å². The number of nitrogens with zero attached hydrogens (tertiary/aromatic N) is 2. The summed E-state index contributed by atoms with van der Waals surface area (Å²) in [5.74, 6) is -0.608. The maximum absolute atomic E-state index is 12.6. The number of thioether (sulfide) groups is 2. The predicted octanol–water partition coefficient (Wildman–Crippen LogP) is -0.572. The molecule has 1 saturated heterocycles. The van der Waals surface area contributed by atoms with Crippen molar-refractivity contribution >= 4 is 41.3 Å². The van der Waals surface area contributed by atoms with Crippen LogP contribution in [-0.2, 0) is 23.9 Å². The number of esters is 1. The molecule has 10 heteroatoms. The first-order valence-electron chi connectivity index (χ1n) is 6.70. The maximum atomic E-state index is 12.6. The zero-order chi connectivity index (χ0) is 16.6. The molecule has 0 aromatic heterocycles. The van der Waals surface area contributed by atoms with Crippen LogP contribution in [0.4, 0.5) is 0 Å². The number of carbonyl (C=O) groups excluding carboxylic acids is 3. The molecular formula is C13H13N3O5S2. The van der Waals surface area contributed by atoms with E-state index in [1.54, 1.807) is 0 Å². The van der Waals surface area contributed by atoms with E-state index in [2.05, 4.69) is 5.32 Å². The summed E-state index contributed by atoms with van der Waals surface area (Å²) in [6, 6.07) is 1.93. The Balaban J connectivity index is 1.75. The van der Waals surface area contributed by atoms with E-state index in [-0.39, 0.29) is 23.8 Å². The van der Waals surface area contributed by atoms with Gasteiger partial charge in [0.15, 0.2) is 0 Å². The van der Waals surface area contributed by atoms with Crippen molar-refractivity contribution in [2.24, 2.45) is 0 Å². The molecule has 23 heavy (non-hydrogen) atoms. The maximum Gasteiger partial charge on any atom is 0.355 e. The van der Waals surface area contributed by atoms with Gasteiger partial charge in [0.1, 0.15) is 17.7 Å². The highest BCUT2D eigenvalue weighted by atomic mass is 32.2. The molecule has 0 saturated carbocycles. The van der Waals surface area contributed by atoms with E-state index in [0.717, 1.165) is 17.3 Å². The van der Waals surface area contributed by atoms with Crippen LogP contribution in [0.25, 0.3) is 0 Å². The molecule has 3 rings (SSSR count). The largest absolute Gasteiger partial charge is 0.456 e. The Morgan fingerprint density at radius 3 is 3.13 bits per heavy atom. The van der Waals surface area contributed by atoms with Crippen LogP contribution in [0.2, 0.25) is 0 Å². The van der Waals surface area contributed by atoms with Gasteiger partial charge in [0.05, 0.1) is 17.6 Å². The Bertz CT molecular complexity index is 658. The van der Waals surface area contributed by atoms with Gasteiger partial charge in [0.25, 0.3) is 11.6 Å². The molecule has 0 aromatic carbocycles. The van der Waals surface area contributed by atoms with Crippen LogP contribution in [0.3, 0.4) is 0 Å². The Hall–Kier alpha value is -1.70. The van der Waals surface area contributed by atoms with Crippen LogP contribution >= 0.6 is 23.5 Å². The summed E-state index contributed by atoms with van der Waals surface area (Å²) in [5.41, 5.74) is -0.416. The highest BCUT2D eigenvalue weighted by Gasteiger charge is 2.67. The lowest BCUT2D eigenvalue weighted by Crippen LogP contribution is -2.80. The second-order valence-electron chi connectivity index (χ2n) is 5.01. The highest BCUT2D eigenvalue weighted by Crippen LogP contribution is 2.48. The average molecular weight is 355 g/mol. The third-order valence-corrected chi connectivity index (χ3v) is 5.90. The van der Waals surface area contributed by atoms with Crippen molar-refractivity contribution in [2.75, 3.05) is 31.0 Å². The van der Waals surface area contributed by atoms with Gasteiger partial charge < -0.3 is 14.8 Å². The minimum atomic E-state index is -1.48. The van der Waals surface area contributed by atoms with E-state index < -0.39 is 28.9 Å². The third kappa shape index (κ3) is 2.39. The lowest BCUT2D eigenvalue weighted by molar-refractivity contribution is -0.191. The van der Waals surface area contributed by atoms with E-state index in [4.69, 9.17) is 14.7 Å². The molecule has 3 aliphatic heterocycles. The second kappa shape index (κ2) is 6.07. The molecule has 8 nitrogen and oxygen atoms in total. The van der Waals surface area contributed by atoms with Crippen LogP contribution in [0.5, 0.6) is 0 Å². The first kappa shape index (κ1) is 16.2. The van der Waals surface area contributed by atoms with Crippen LogP contribution in [-0.4, -0.2) is 64.8 Å². The number of nitrogens with one attached hydrogen (secondary N) is 1. The van der Waals surface area contributed by atoms with Gasteiger partial charge in [-0.25, -0.2) is 4.79 Å². The van der Waals surface area contributed by atoms with Gasteiger partial charge in [-0.3, -0.25) is 14.5 Å². The number of carbonyl (C=O) groups is 3. The number of hydrogen-bond donors (Lipinski definition) is 1. The number of fused-ring (bicyclic) bond motifs is 2. The number of ether oxygens (including phenoxy) is 2. The van der Waals surface area contributed by atoms with Crippen molar-refractivity contribution in [1.29, 1.82) is 5.26 Å². The topological polar surface area (TPSA) is 109 Å². The van der Waals surface area contributed by atoms with Crippen LogP contribution in [0, 0.1) is 11.3 Å². The molecule has 3 heterocycles. The molecule has 2 amide bonds. The SMILES string of the molecule is CO[C@@]1(NC(=O)CSCC#N)C(=O)N2C3=C(COC3=O)CS[C@@H]21. The molecule has 0 radical (unpaired) electrons. The summed E-state index contributed by atoms with van der Waals surface area (Å²) in [6.45, 7) is 0.203. The van der Waals surface area contributed by atoms with Crippen molar-refractivity contribution in [1.82, 2.24) is 10.2 Å². The average Bonchev–Trinajstić information content (AvgIpc) is 2.92. The van der Waals surface area contributed by atoms with Gasteiger partial charge in [-0.1, -0.05) is 0 Å². The minimum Gasteiger partial charge on any atom is -0.456 e. The fraction of sp³-hybridized carbons (Fsp3) is 0.538. The molecule has 1 N–H and O–H groups in total. The van der Waals surface area contributed by atoms with Crippen molar-refractivity contribution < 1.29 is 23.9 Å². The summed E-state index contributed by atoms with van der Waals surface area (Å²) in [5, 5.41) is 10.6. The van der Waals surface area contributed by atoms with Gasteiger partial charge in [-0.05, 0) is 0 Å². The number of rotatable bonds is 5. The zero-order valence-electron chi connectivity index (χ0n) is 12.2. The molecule has 3 aliphatic rings. The number of methoxy groups -OCH3 is 1. The highest BCUT2D eigenvalue weighted by molar-refractivity contribution is 8.00. The summed E-state index contributed by atoms with van der Waals surface area (Å²) in [4.78, 5) is 37.7. The molecule has 0 spiro atoms. The minimum absolute atomic E-state index is 0.0549. The van der Waals surface area contributed by atoms with Gasteiger partial charge in [0, 0.05) is 18.4 Å². The fourth-order valence-corrected chi connectivity index (χ4v) is 4.57. The normalized spacial score (nSPS) is 28.5. The first-order valence-corrected chi connectivity index (χ1v) is 8.90. The van der Waals surface area contributed by atoms with E-state index in [0.29, 0.717) is 5.75 Å². The van der Waals surface area contributed by atoms with Crippen molar-refractivity contribution in [3.05, 3.63) is 11.3 Å². The molecule has 0 unspecified atom stereocenters. The first-order chi connectivity index (χ1) is 11.0. The van der Waals surface area contributed by atoms with E-state index in [1.807, 2.05) is 6.07 Å². The Morgan fingerprint density at radius 2 is 2.43 bits per heavy atom. The quantitative estimate of drug-likeness (QED) is 0.302. The molecule has 1 fully saturated rings. The number of hydrogen-bond acceptors (Lipinski definition) is 8. The second-order valence-corrected chi connectivity index (χ2v) is 7.06. The number of amides is 2. The van der Waals surface area contributed by atoms with Crippen molar-refractivity contribution in [3.8, 4) is 6.07 Å². The lowest BCUT2D eigenvalue weighted by Gasteiger charge is -2.55. The van der Waals surface area contributed by atoms with E-state index in [1.165, 1.54) is 23.8 Å². The fourth-order valence-electron chi connectivity index (χ4n) is 2.70. The van der Waals surface area contributed by atoms with Crippen LogP contribution in [0.15, 0.2) is 11.3 Å². The van der Waals surface area contributed by atoms with E-state index >= 15 is 0 Å². The Kier molecular flexibility index (Phi) is 4.27. The van der Waals surface area contributed by atoms with Gasteiger partial charge >= 0.3 is 5.97 Å². The molecule has 0 aromatic rings. The van der Waals surface area contributed by atoms with Gasteiger partial charge in [-0.2, -0.15) is 5.26 Å². The molecule has 0 aliphatic carbocycles. The lowest BCUT2D eigenvalue weighted by atomic mass is 9.99. The van der Waals surface area contributed by atoms with Crippen molar-refractivity contribution in [2.45, 2.75) is 11.1 Å².